The van der Waals surface area contributed by atoms with Crippen LogP contribution in [-0.2, 0) is 6.54 Å². The molecule has 1 aliphatic rings. The molecule has 1 aliphatic carbocycles. The van der Waals surface area contributed by atoms with E-state index in [2.05, 4.69) is 10.6 Å². The Labute approximate surface area is 110 Å². The van der Waals surface area contributed by atoms with Crippen LogP contribution in [-0.4, -0.2) is 19.1 Å². The molecule has 2 nitrogen and oxygen atoms in total. The smallest absolute Gasteiger partial charge is 0.0989 e. The largest absolute Gasteiger partial charge is 0.314 e. The number of thiophene rings is 1. The Balaban J connectivity index is 1.54. The lowest BCUT2D eigenvalue weighted by molar-refractivity contribution is 0.593. The molecule has 0 aliphatic heterocycles. The van der Waals surface area contributed by atoms with Gasteiger partial charge in [0.15, 0.2) is 0 Å². The van der Waals surface area contributed by atoms with Crippen LogP contribution < -0.4 is 10.6 Å². The standard InChI is InChI=1S/C11H16Cl2N2S/c12-10-6-8(11(13)16-10)7-14-4-1-5-15-9-2-3-9/h6,9,14-15H,1-5,7H2. The van der Waals surface area contributed by atoms with Gasteiger partial charge < -0.3 is 10.6 Å². The fourth-order valence-corrected chi connectivity index (χ4v) is 3.01. The molecule has 16 heavy (non-hydrogen) atoms. The third-order valence-electron chi connectivity index (χ3n) is 2.58. The van der Waals surface area contributed by atoms with Gasteiger partial charge in [-0.25, -0.2) is 0 Å². The number of halogens is 2. The third-order valence-corrected chi connectivity index (χ3v) is 4.15. The van der Waals surface area contributed by atoms with Crippen LogP contribution in [0.3, 0.4) is 0 Å². The molecule has 5 heteroatoms. The van der Waals surface area contributed by atoms with E-state index in [9.17, 15) is 0 Å². The molecule has 0 bridgehead atoms. The minimum Gasteiger partial charge on any atom is -0.314 e. The molecule has 0 atom stereocenters. The quantitative estimate of drug-likeness (QED) is 0.748. The Morgan fingerprint density at radius 2 is 2.12 bits per heavy atom. The van der Waals surface area contributed by atoms with E-state index in [0.29, 0.717) is 0 Å². The predicted octanol–water partition coefficient (Wildman–Crippen LogP) is 3.29. The summed E-state index contributed by atoms with van der Waals surface area (Å²) >= 11 is 13.3. The van der Waals surface area contributed by atoms with Crippen molar-refractivity contribution < 1.29 is 0 Å². The van der Waals surface area contributed by atoms with Crippen LogP contribution in [0.1, 0.15) is 24.8 Å². The Morgan fingerprint density at radius 3 is 2.75 bits per heavy atom. The van der Waals surface area contributed by atoms with E-state index >= 15 is 0 Å². The van der Waals surface area contributed by atoms with Crippen molar-refractivity contribution in [3.63, 3.8) is 0 Å². The Bertz CT molecular complexity index is 337. The Morgan fingerprint density at radius 1 is 1.31 bits per heavy atom. The van der Waals surface area contributed by atoms with Crippen LogP contribution in [0.15, 0.2) is 6.07 Å². The highest BCUT2D eigenvalue weighted by atomic mass is 35.5. The zero-order valence-corrected chi connectivity index (χ0v) is 11.4. The van der Waals surface area contributed by atoms with E-state index in [1.54, 1.807) is 0 Å². The maximum absolute atomic E-state index is 6.02. The van der Waals surface area contributed by atoms with E-state index in [0.717, 1.165) is 46.3 Å². The minimum absolute atomic E-state index is 0.761. The summed E-state index contributed by atoms with van der Waals surface area (Å²) in [6.45, 7) is 2.94. The van der Waals surface area contributed by atoms with Gasteiger partial charge in [-0.2, -0.15) is 0 Å². The molecule has 0 radical (unpaired) electrons. The molecule has 0 unspecified atom stereocenters. The predicted molar refractivity (Wildman–Crippen MR) is 71.7 cm³/mol. The molecule has 0 spiro atoms. The highest BCUT2D eigenvalue weighted by molar-refractivity contribution is 7.20. The molecule has 1 aromatic heterocycles. The maximum atomic E-state index is 6.02. The lowest BCUT2D eigenvalue weighted by atomic mass is 10.3. The average molecular weight is 279 g/mol. The summed E-state index contributed by atoms with van der Waals surface area (Å²) in [7, 11) is 0. The molecule has 2 rings (SSSR count). The maximum Gasteiger partial charge on any atom is 0.0989 e. The van der Waals surface area contributed by atoms with Gasteiger partial charge in [0.25, 0.3) is 0 Å². The molecular weight excluding hydrogens is 263 g/mol. The fraction of sp³-hybridized carbons (Fsp3) is 0.636. The van der Waals surface area contributed by atoms with E-state index in [1.165, 1.54) is 24.2 Å². The SMILES string of the molecule is Clc1cc(CNCCCNC2CC2)c(Cl)s1. The van der Waals surface area contributed by atoms with Crippen LogP contribution in [0.4, 0.5) is 0 Å². The van der Waals surface area contributed by atoms with Gasteiger partial charge in [0.1, 0.15) is 0 Å². The van der Waals surface area contributed by atoms with Crippen molar-refractivity contribution in [1.29, 1.82) is 0 Å². The summed E-state index contributed by atoms with van der Waals surface area (Å²) in [6, 6.07) is 2.74. The molecule has 1 aromatic rings. The van der Waals surface area contributed by atoms with Gasteiger partial charge in [-0.15, -0.1) is 11.3 Å². The second-order valence-electron chi connectivity index (χ2n) is 4.11. The van der Waals surface area contributed by atoms with Crippen LogP contribution in [0.25, 0.3) is 0 Å². The zero-order chi connectivity index (χ0) is 11.4. The van der Waals surface area contributed by atoms with Gasteiger partial charge in [0, 0.05) is 12.6 Å². The molecular formula is C11H16Cl2N2S. The van der Waals surface area contributed by atoms with Crippen molar-refractivity contribution in [2.45, 2.75) is 31.8 Å². The molecule has 0 amide bonds. The average Bonchev–Trinajstić information content (AvgIpc) is 2.99. The van der Waals surface area contributed by atoms with Gasteiger partial charge in [-0.05, 0) is 44.0 Å². The molecule has 0 aromatic carbocycles. The van der Waals surface area contributed by atoms with Gasteiger partial charge in [-0.3, -0.25) is 0 Å². The van der Waals surface area contributed by atoms with Crippen LogP contribution in [0.5, 0.6) is 0 Å². The lowest BCUT2D eigenvalue weighted by Crippen LogP contribution is -2.23. The van der Waals surface area contributed by atoms with Crippen molar-refractivity contribution >= 4 is 34.5 Å². The highest BCUT2D eigenvalue weighted by Gasteiger charge is 2.19. The topological polar surface area (TPSA) is 24.1 Å². The monoisotopic (exact) mass is 278 g/mol. The van der Waals surface area contributed by atoms with E-state index in [4.69, 9.17) is 23.2 Å². The second kappa shape index (κ2) is 6.22. The van der Waals surface area contributed by atoms with Crippen molar-refractivity contribution in [3.8, 4) is 0 Å². The van der Waals surface area contributed by atoms with Crippen molar-refractivity contribution in [1.82, 2.24) is 10.6 Å². The number of rotatable bonds is 7. The molecule has 90 valence electrons. The molecule has 2 N–H and O–H groups in total. The van der Waals surface area contributed by atoms with E-state index in [-0.39, 0.29) is 0 Å². The molecule has 1 saturated carbocycles. The van der Waals surface area contributed by atoms with Gasteiger partial charge in [-0.1, -0.05) is 23.2 Å². The van der Waals surface area contributed by atoms with Crippen molar-refractivity contribution in [2.75, 3.05) is 13.1 Å². The van der Waals surface area contributed by atoms with Crippen LogP contribution >= 0.6 is 34.5 Å². The highest BCUT2D eigenvalue weighted by Crippen LogP contribution is 2.30. The number of hydrogen-bond acceptors (Lipinski definition) is 3. The summed E-state index contributed by atoms with van der Waals surface area (Å²) in [5, 5.41) is 6.86. The zero-order valence-electron chi connectivity index (χ0n) is 9.06. The minimum atomic E-state index is 0.761. The van der Waals surface area contributed by atoms with E-state index in [1.807, 2.05) is 6.07 Å². The second-order valence-corrected chi connectivity index (χ2v) is 6.39. The first-order valence-corrected chi connectivity index (χ1v) is 7.21. The summed E-state index contributed by atoms with van der Waals surface area (Å²) in [6.07, 6.45) is 3.87. The Kier molecular flexibility index (Phi) is 4.92. The number of nitrogens with one attached hydrogen (secondary N) is 2. The number of hydrogen-bond donors (Lipinski definition) is 2. The lowest BCUT2D eigenvalue weighted by Gasteiger charge is -2.04. The van der Waals surface area contributed by atoms with Crippen molar-refractivity contribution in [3.05, 3.63) is 20.3 Å². The fourth-order valence-electron chi connectivity index (χ4n) is 1.52. The van der Waals surface area contributed by atoms with Crippen LogP contribution in [0, 0.1) is 0 Å². The summed E-state index contributed by atoms with van der Waals surface area (Å²) in [4.78, 5) is 0. The third kappa shape index (κ3) is 4.22. The summed E-state index contributed by atoms with van der Waals surface area (Å²) < 4.78 is 1.56. The molecule has 1 fully saturated rings. The summed E-state index contributed by atoms with van der Waals surface area (Å²) in [5.74, 6) is 0. The molecule has 1 heterocycles. The van der Waals surface area contributed by atoms with E-state index < -0.39 is 0 Å². The van der Waals surface area contributed by atoms with Crippen molar-refractivity contribution in [2.24, 2.45) is 0 Å². The van der Waals surface area contributed by atoms with Gasteiger partial charge in [0.2, 0.25) is 0 Å². The summed E-state index contributed by atoms with van der Waals surface area (Å²) in [5.41, 5.74) is 1.10. The van der Waals surface area contributed by atoms with Gasteiger partial charge >= 0.3 is 0 Å². The first-order chi connectivity index (χ1) is 7.75. The van der Waals surface area contributed by atoms with Crippen LogP contribution in [0.2, 0.25) is 8.67 Å². The first kappa shape index (κ1) is 12.7. The molecule has 0 saturated heterocycles. The first-order valence-electron chi connectivity index (χ1n) is 5.63. The van der Waals surface area contributed by atoms with Gasteiger partial charge in [0.05, 0.1) is 8.67 Å². The Hall–Kier alpha value is 0.200. The normalized spacial score (nSPS) is 15.6.